The van der Waals surface area contributed by atoms with Crippen LogP contribution in [0.4, 0.5) is 10.5 Å². The van der Waals surface area contributed by atoms with Crippen LogP contribution in [-0.4, -0.2) is 87.0 Å². The Morgan fingerprint density at radius 1 is 1.13 bits per heavy atom. The average molecular weight is 525 g/mol. The fourth-order valence-electron chi connectivity index (χ4n) is 5.08. The van der Waals surface area contributed by atoms with Crippen LogP contribution in [0.5, 0.6) is 17.2 Å². The molecule has 10 heteroatoms. The number of piperazine rings is 1. The molecule has 38 heavy (non-hydrogen) atoms. The molecule has 2 aromatic rings. The van der Waals surface area contributed by atoms with Crippen molar-refractivity contribution in [3.8, 4) is 17.2 Å². The first-order valence-corrected chi connectivity index (χ1v) is 12.7. The molecule has 2 N–H and O–H groups in total. The number of likely N-dealkylation sites (N-methyl/N-ethyl adjacent to an activating group) is 1. The van der Waals surface area contributed by atoms with E-state index in [4.69, 9.17) is 14.2 Å². The summed E-state index contributed by atoms with van der Waals surface area (Å²) in [5.41, 5.74) is 2.66. The summed E-state index contributed by atoms with van der Waals surface area (Å²) >= 11 is 0. The lowest BCUT2D eigenvalue weighted by Crippen LogP contribution is -2.55. The summed E-state index contributed by atoms with van der Waals surface area (Å²) < 4.78 is 16.1. The number of esters is 1. The van der Waals surface area contributed by atoms with Crippen LogP contribution in [0.2, 0.25) is 0 Å². The lowest BCUT2D eigenvalue weighted by atomic mass is 9.93. The molecule has 2 aliphatic rings. The van der Waals surface area contributed by atoms with Crippen molar-refractivity contribution in [1.82, 2.24) is 15.1 Å². The minimum atomic E-state index is -0.752. The van der Waals surface area contributed by atoms with Gasteiger partial charge in [0.2, 0.25) is 0 Å². The molecule has 204 valence electrons. The molecule has 2 aliphatic heterocycles. The van der Waals surface area contributed by atoms with Gasteiger partial charge in [-0.25, -0.2) is 9.59 Å². The first-order valence-electron chi connectivity index (χ1n) is 12.7. The molecular formula is C28H36N4O6. The SMILES string of the molecule is CCOC(=O)C1=C(CN2CCN(c3cccc(OC)c3)[C@H](C)C2)N(C)C(=O)N[C@H]1c1ccc(O)c(OC)c1. The highest BCUT2D eigenvalue weighted by Gasteiger charge is 2.38. The number of anilines is 1. The number of rotatable bonds is 8. The second-order valence-electron chi connectivity index (χ2n) is 9.43. The highest BCUT2D eigenvalue weighted by Crippen LogP contribution is 2.36. The molecule has 2 amide bonds. The number of carbonyl (C=O) groups is 2. The zero-order valence-corrected chi connectivity index (χ0v) is 22.6. The lowest BCUT2D eigenvalue weighted by molar-refractivity contribution is -0.139. The minimum absolute atomic E-state index is 0.0275. The van der Waals surface area contributed by atoms with Crippen molar-refractivity contribution in [1.29, 1.82) is 0 Å². The molecule has 4 rings (SSSR count). The Hall–Kier alpha value is -3.92. The normalized spacial score (nSPS) is 20.3. The van der Waals surface area contributed by atoms with Gasteiger partial charge in [-0.2, -0.15) is 0 Å². The van der Waals surface area contributed by atoms with Crippen molar-refractivity contribution in [2.45, 2.75) is 25.9 Å². The molecule has 0 saturated carbocycles. The maximum Gasteiger partial charge on any atom is 0.338 e. The molecule has 0 bridgehead atoms. The molecule has 0 radical (unpaired) electrons. The van der Waals surface area contributed by atoms with Crippen LogP contribution >= 0.6 is 0 Å². The summed E-state index contributed by atoms with van der Waals surface area (Å²) in [5.74, 6) is 0.547. The third-order valence-electron chi connectivity index (χ3n) is 7.08. The lowest BCUT2D eigenvalue weighted by Gasteiger charge is -2.43. The second kappa shape index (κ2) is 11.6. The van der Waals surface area contributed by atoms with Gasteiger partial charge in [-0.1, -0.05) is 12.1 Å². The zero-order chi connectivity index (χ0) is 27.4. The monoisotopic (exact) mass is 524 g/mol. The molecular weight excluding hydrogens is 488 g/mol. The topological polar surface area (TPSA) is 104 Å². The number of methoxy groups -OCH3 is 2. The summed E-state index contributed by atoms with van der Waals surface area (Å²) in [6, 6.07) is 11.9. The van der Waals surface area contributed by atoms with Crippen LogP contribution in [0, 0.1) is 0 Å². The number of carbonyl (C=O) groups excluding carboxylic acids is 2. The van der Waals surface area contributed by atoms with Crippen LogP contribution in [-0.2, 0) is 9.53 Å². The van der Waals surface area contributed by atoms with E-state index in [1.165, 1.54) is 18.1 Å². The van der Waals surface area contributed by atoms with Gasteiger partial charge in [0.1, 0.15) is 5.75 Å². The van der Waals surface area contributed by atoms with E-state index in [0.717, 1.165) is 31.1 Å². The van der Waals surface area contributed by atoms with Gasteiger partial charge in [0, 0.05) is 56.7 Å². The van der Waals surface area contributed by atoms with E-state index in [-0.39, 0.29) is 30.2 Å². The number of urea groups is 1. The van der Waals surface area contributed by atoms with Gasteiger partial charge in [-0.15, -0.1) is 0 Å². The Bertz CT molecular complexity index is 1220. The maximum atomic E-state index is 13.3. The first kappa shape index (κ1) is 27.1. The van der Waals surface area contributed by atoms with Crippen LogP contribution < -0.4 is 19.7 Å². The molecule has 0 unspecified atom stereocenters. The fraction of sp³-hybridized carbons (Fsp3) is 0.429. The van der Waals surface area contributed by atoms with Gasteiger partial charge in [0.05, 0.1) is 32.4 Å². The van der Waals surface area contributed by atoms with Gasteiger partial charge in [-0.3, -0.25) is 9.80 Å². The van der Waals surface area contributed by atoms with Crippen molar-refractivity contribution < 1.29 is 28.9 Å². The Balaban J connectivity index is 1.64. The van der Waals surface area contributed by atoms with E-state index in [1.807, 2.05) is 18.2 Å². The van der Waals surface area contributed by atoms with Gasteiger partial charge >= 0.3 is 12.0 Å². The third kappa shape index (κ3) is 5.50. The third-order valence-corrected chi connectivity index (χ3v) is 7.08. The number of nitrogens with zero attached hydrogens (tertiary/aromatic N) is 3. The van der Waals surface area contributed by atoms with Gasteiger partial charge in [0.15, 0.2) is 11.5 Å². The highest BCUT2D eigenvalue weighted by atomic mass is 16.5. The van der Waals surface area contributed by atoms with Crippen molar-refractivity contribution >= 4 is 17.7 Å². The summed E-state index contributed by atoms with van der Waals surface area (Å²) in [6.07, 6.45) is 0. The number of phenolic OH excluding ortho intramolecular Hbond substituents is 1. The Morgan fingerprint density at radius 2 is 1.92 bits per heavy atom. The van der Waals surface area contributed by atoms with E-state index in [1.54, 1.807) is 33.2 Å². The number of nitrogens with one attached hydrogen (secondary N) is 1. The van der Waals surface area contributed by atoms with Gasteiger partial charge in [-0.05, 0) is 43.7 Å². The Morgan fingerprint density at radius 3 is 2.61 bits per heavy atom. The molecule has 0 spiro atoms. The smallest absolute Gasteiger partial charge is 0.338 e. The number of aromatic hydroxyl groups is 1. The number of benzene rings is 2. The van der Waals surface area contributed by atoms with Crippen LogP contribution in [0.1, 0.15) is 25.5 Å². The van der Waals surface area contributed by atoms with E-state index in [9.17, 15) is 14.7 Å². The van der Waals surface area contributed by atoms with Crippen LogP contribution in [0.3, 0.4) is 0 Å². The summed E-state index contributed by atoms with van der Waals surface area (Å²) in [4.78, 5) is 32.4. The molecule has 2 heterocycles. The Labute approximate surface area is 223 Å². The Kier molecular flexibility index (Phi) is 8.31. The maximum absolute atomic E-state index is 13.3. The minimum Gasteiger partial charge on any atom is -0.504 e. The van der Waals surface area contributed by atoms with Gasteiger partial charge in [0.25, 0.3) is 0 Å². The number of hydrogen-bond acceptors (Lipinski definition) is 8. The van der Waals surface area contributed by atoms with E-state index >= 15 is 0 Å². The summed E-state index contributed by atoms with van der Waals surface area (Å²) in [7, 11) is 4.77. The molecule has 0 aromatic heterocycles. The van der Waals surface area contributed by atoms with Gasteiger partial charge < -0.3 is 29.5 Å². The average Bonchev–Trinajstić information content (AvgIpc) is 2.91. The molecule has 10 nitrogen and oxygen atoms in total. The van der Waals surface area contributed by atoms with Crippen LogP contribution in [0.25, 0.3) is 0 Å². The summed E-state index contributed by atoms with van der Waals surface area (Å²) in [6.45, 7) is 6.79. The number of ether oxygens (including phenoxy) is 3. The van der Waals surface area contributed by atoms with E-state index in [2.05, 4.69) is 28.1 Å². The highest BCUT2D eigenvalue weighted by molar-refractivity contribution is 5.95. The predicted octanol–water partition coefficient (Wildman–Crippen LogP) is 3.13. The van der Waals surface area contributed by atoms with E-state index in [0.29, 0.717) is 23.4 Å². The summed E-state index contributed by atoms with van der Waals surface area (Å²) in [5, 5.41) is 13.0. The molecule has 2 atom stereocenters. The van der Waals surface area contributed by atoms with Crippen molar-refractivity contribution in [2.24, 2.45) is 0 Å². The van der Waals surface area contributed by atoms with Crippen molar-refractivity contribution in [3.05, 3.63) is 59.3 Å². The number of amides is 2. The molecule has 1 saturated heterocycles. The predicted molar refractivity (Wildman–Crippen MR) is 144 cm³/mol. The van der Waals surface area contributed by atoms with Crippen LogP contribution in [0.15, 0.2) is 53.7 Å². The zero-order valence-electron chi connectivity index (χ0n) is 22.6. The quantitative estimate of drug-likeness (QED) is 0.508. The first-order chi connectivity index (χ1) is 18.3. The van der Waals surface area contributed by atoms with Crippen molar-refractivity contribution in [3.63, 3.8) is 0 Å². The molecule has 1 fully saturated rings. The standard InChI is InChI=1S/C28H36N4O6/c1-6-38-27(34)25-22(30(3)28(35)29-26(25)19-10-11-23(33)24(14-19)37-5)17-31-12-13-32(18(2)16-31)20-8-7-9-21(15-20)36-4/h7-11,14-15,18,26,33H,6,12-13,16-17H2,1-5H3,(H,29,35)/t18-,26+/m1/s1. The second-order valence-corrected chi connectivity index (χ2v) is 9.43. The largest absolute Gasteiger partial charge is 0.504 e. The molecule has 0 aliphatic carbocycles. The number of hydrogen-bond donors (Lipinski definition) is 2. The fourth-order valence-corrected chi connectivity index (χ4v) is 5.08. The van der Waals surface area contributed by atoms with E-state index < -0.39 is 12.0 Å². The molecule has 2 aromatic carbocycles. The van der Waals surface area contributed by atoms with Crippen molar-refractivity contribution in [2.75, 3.05) is 59.0 Å². The number of phenols is 1.